The summed E-state index contributed by atoms with van der Waals surface area (Å²) >= 11 is 6.51. The van der Waals surface area contributed by atoms with E-state index in [1.807, 2.05) is 48.2 Å². The summed E-state index contributed by atoms with van der Waals surface area (Å²) in [6.07, 6.45) is 8.27. The molecule has 1 amide bonds. The van der Waals surface area contributed by atoms with Gasteiger partial charge in [-0.25, -0.2) is 9.97 Å². The van der Waals surface area contributed by atoms with Crippen LogP contribution in [0.4, 0.5) is 11.5 Å². The van der Waals surface area contributed by atoms with Crippen LogP contribution < -0.4 is 14.8 Å². The summed E-state index contributed by atoms with van der Waals surface area (Å²) in [4.78, 5) is 33.7. The molecule has 202 valence electrons. The van der Waals surface area contributed by atoms with E-state index in [-0.39, 0.29) is 18.6 Å². The molecule has 1 atom stereocenters. The first-order chi connectivity index (χ1) is 19.0. The molecule has 1 aliphatic rings. The predicted molar refractivity (Wildman–Crippen MR) is 149 cm³/mol. The predicted octanol–water partition coefficient (Wildman–Crippen LogP) is 4.33. The van der Waals surface area contributed by atoms with Crippen molar-refractivity contribution in [3.05, 3.63) is 72.0 Å². The molecule has 0 aliphatic carbocycles. The number of hydrogen-bond acceptors (Lipinski definition) is 9. The number of benzene rings is 2. The zero-order valence-corrected chi connectivity index (χ0v) is 22.6. The van der Waals surface area contributed by atoms with Crippen LogP contribution in [0.1, 0.15) is 18.5 Å². The van der Waals surface area contributed by atoms with Crippen LogP contribution in [0.2, 0.25) is 5.02 Å². The molecule has 5 rings (SSSR count). The Bertz CT molecular complexity index is 1430. The molecule has 2 aromatic heterocycles. The van der Waals surface area contributed by atoms with Crippen molar-refractivity contribution in [1.82, 2.24) is 29.7 Å². The summed E-state index contributed by atoms with van der Waals surface area (Å²) in [6, 6.07) is 11.2. The van der Waals surface area contributed by atoms with Crippen LogP contribution in [-0.4, -0.2) is 75.5 Å². The van der Waals surface area contributed by atoms with E-state index in [9.17, 15) is 4.79 Å². The third-order valence-electron chi connectivity index (χ3n) is 6.39. The van der Waals surface area contributed by atoms with Crippen LogP contribution in [0.25, 0.3) is 10.9 Å². The Hall–Kier alpha value is -4.02. The topological polar surface area (TPSA) is 106 Å². The molecule has 2 aromatic carbocycles. The highest BCUT2D eigenvalue weighted by molar-refractivity contribution is 6.32. The summed E-state index contributed by atoms with van der Waals surface area (Å²) < 4.78 is 12.1. The maximum Gasteiger partial charge on any atom is 0.237 e. The summed E-state index contributed by atoms with van der Waals surface area (Å²) in [7, 11) is 3.80. The molecule has 0 bridgehead atoms. The number of fused-ring (bicyclic) bond motifs is 1. The van der Waals surface area contributed by atoms with Gasteiger partial charge in [0.1, 0.15) is 36.9 Å². The van der Waals surface area contributed by atoms with Gasteiger partial charge in [0.2, 0.25) is 5.91 Å². The second kappa shape index (κ2) is 12.2. The zero-order valence-electron chi connectivity index (χ0n) is 21.9. The van der Waals surface area contributed by atoms with Gasteiger partial charge in [0.25, 0.3) is 0 Å². The third kappa shape index (κ3) is 6.52. The average Bonchev–Trinajstić information content (AvgIpc) is 3.41. The molecule has 10 nitrogen and oxygen atoms in total. The Morgan fingerprint density at radius 3 is 2.82 bits per heavy atom. The van der Waals surface area contributed by atoms with Gasteiger partial charge in [-0.05, 0) is 57.3 Å². The Morgan fingerprint density at radius 1 is 1.13 bits per heavy atom. The number of likely N-dealkylation sites (tertiary alicyclic amines) is 1. The Morgan fingerprint density at radius 2 is 2.03 bits per heavy atom. The summed E-state index contributed by atoms with van der Waals surface area (Å²) in [5.74, 6) is 1.90. The van der Waals surface area contributed by atoms with Crippen molar-refractivity contribution in [2.75, 3.05) is 39.1 Å². The molecule has 39 heavy (non-hydrogen) atoms. The van der Waals surface area contributed by atoms with E-state index in [0.29, 0.717) is 41.2 Å². The van der Waals surface area contributed by atoms with E-state index in [4.69, 9.17) is 21.1 Å². The van der Waals surface area contributed by atoms with Gasteiger partial charge in [-0.2, -0.15) is 0 Å². The minimum Gasteiger partial charge on any atom is -0.491 e. The molecule has 0 spiro atoms. The minimum atomic E-state index is 0.0296. The number of rotatable bonds is 10. The lowest BCUT2D eigenvalue weighted by atomic mass is 10.2. The van der Waals surface area contributed by atoms with Crippen molar-refractivity contribution in [3.63, 3.8) is 0 Å². The molecular formula is C28H30ClN7O3. The number of amides is 1. The number of carbonyl (C=O) groups excluding carboxylic acids is 1. The van der Waals surface area contributed by atoms with Crippen LogP contribution in [0.3, 0.4) is 0 Å². The average molecular weight is 548 g/mol. The maximum atomic E-state index is 12.7. The molecular weight excluding hydrogens is 518 g/mol. The number of ether oxygens (including phenoxy) is 2. The zero-order chi connectivity index (χ0) is 27.2. The number of nitrogens with one attached hydrogen (secondary N) is 1. The number of nitrogens with zero attached hydrogens (tertiary/aromatic N) is 6. The van der Waals surface area contributed by atoms with Crippen molar-refractivity contribution < 1.29 is 14.3 Å². The van der Waals surface area contributed by atoms with E-state index >= 15 is 0 Å². The van der Waals surface area contributed by atoms with E-state index in [0.717, 1.165) is 36.0 Å². The second-order valence-corrected chi connectivity index (χ2v) is 9.97. The fourth-order valence-corrected chi connectivity index (χ4v) is 4.80. The van der Waals surface area contributed by atoms with Crippen molar-refractivity contribution >= 4 is 39.9 Å². The SMILES string of the molecule is CN(C)CC(=O)N1CCC[C@@H]1COc1cccc2ncnc(Nc3ccc(OCc4cnccn4)c(Cl)c3)c12. The molecule has 1 fully saturated rings. The van der Waals surface area contributed by atoms with Gasteiger partial charge < -0.3 is 24.6 Å². The van der Waals surface area contributed by atoms with Gasteiger partial charge in [0, 0.05) is 24.6 Å². The van der Waals surface area contributed by atoms with Crippen LogP contribution in [0.5, 0.6) is 11.5 Å². The quantitative estimate of drug-likeness (QED) is 0.310. The Kier molecular flexibility index (Phi) is 8.33. The van der Waals surface area contributed by atoms with E-state index < -0.39 is 0 Å². The molecule has 11 heteroatoms. The number of carbonyl (C=O) groups is 1. The van der Waals surface area contributed by atoms with Crippen molar-refractivity contribution in [1.29, 1.82) is 0 Å². The van der Waals surface area contributed by atoms with Crippen LogP contribution in [0, 0.1) is 0 Å². The first-order valence-corrected chi connectivity index (χ1v) is 13.1. The van der Waals surface area contributed by atoms with E-state index in [1.54, 1.807) is 30.7 Å². The highest BCUT2D eigenvalue weighted by Gasteiger charge is 2.29. The first-order valence-electron chi connectivity index (χ1n) is 12.7. The van der Waals surface area contributed by atoms with Gasteiger partial charge in [-0.3, -0.25) is 14.8 Å². The fraction of sp³-hybridized carbons (Fsp3) is 0.321. The highest BCUT2D eigenvalue weighted by Crippen LogP contribution is 2.34. The van der Waals surface area contributed by atoms with Crippen molar-refractivity contribution in [3.8, 4) is 11.5 Å². The van der Waals surface area contributed by atoms with Crippen molar-refractivity contribution in [2.24, 2.45) is 0 Å². The van der Waals surface area contributed by atoms with Gasteiger partial charge in [-0.1, -0.05) is 17.7 Å². The number of halogens is 1. The lowest BCUT2D eigenvalue weighted by Crippen LogP contribution is -2.43. The lowest BCUT2D eigenvalue weighted by Gasteiger charge is -2.26. The van der Waals surface area contributed by atoms with Gasteiger partial charge in [0.15, 0.2) is 0 Å². The van der Waals surface area contributed by atoms with Gasteiger partial charge in [-0.15, -0.1) is 0 Å². The van der Waals surface area contributed by atoms with Crippen LogP contribution in [0.15, 0.2) is 61.3 Å². The molecule has 4 aromatic rings. The van der Waals surface area contributed by atoms with Crippen LogP contribution in [-0.2, 0) is 11.4 Å². The van der Waals surface area contributed by atoms with Crippen molar-refractivity contribution in [2.45, 2.75) is 25.5 Å². The molecule has 0 saturated carbocycles. The minimum absolute atomic E-state index is 0.0296. The van der Waals surface area contributed by atoms with Crippen LogP contribution >= 0.6 is 11.6 Å². The highest BCUT2D eigenvalue weighted by atomic mass is 35.5. The van der Waals surface area contributed by atoms with E-state index in [2.05, 4.69) is 25.3 Å². The number of aromatic nitrogens is 4. The monoisotopic (exact) mass is 547 g/mol. The lowest BCUT2D eigenvalue weighted by molar-refractivity contribution is -0.133. The van der Waals surface area contributed by atoms with E-state index in [1.165, 1.54) is 6.33 Å². The Balaban J connectivity index is 1.31. The smallest absolute Gasteiger partial charge is 0.237 e. The fourth-order valence-electron chi connectivity index (χ4n) is 4.57. The second-order valence-electron chi connectivity index (χ2n) is 9.56. The largest absolute Gasteiger partial charge is 0.491 e. The molecule has 1 saturated heterocycles. The summed E-state index contributed by atoms with van der Waals surface area (Å²) in [6.45, 7) is 1.80. The van der Waals surface area contributed by atoms with Gasteiger partial charge >= 0.3 is 0 Å². The normalized spacial score (nSPS) is 15.1. The number of hydrogen-bond donors (Lipinski definition) is 1. The Labute approximate surface area is 232 Å². The molecule has 3 heterocycles. The third-order valence-corrected chi connectivity index (χ3v) is 6.69. The molecule has 0 unspecified atom stereocenters. The molecule has 1 N–H and O–H groups in total. The maximum absolute atomic E-state index is 12.7. The standard InChI is InChI=1S/C28H30ClN7O3/c1-35(2)15-26(37)36-12-4-5-21(36)17-39-25-7-3-6-23-27(25)28(33-18-32-23)34-19-8-9-24(22(29)13-19)38-16-20-14-30-10-11-31-20/h3,6-11,13-14,18,21H,4-5,12,15-17H2,1-2H3,(H,32,33,34)/t21-/m1/s1. The number of likely N-dealkylation sites (N-methyl/N-ethyl adjacent to an activating group) is 1. The summed E-state index contributed by atoms with van der Waals surface area (Å²) in [5, 5.41) is 4.54. The molecule has 1 aliphatic heterocycles. The molecule has 0 radical (unpaired) electrons. The summed E-state index contributed by atoms with van der Waals surface area (Å²) in [5.41, 5.74) is 2.18. The number of anilines is 2. The van der Waals surface area contributed by atoms with Gasteiger partial charge in [0.05, 0.1) is 40.4 Å². The first kappa shape index (κ1) is 26.6.